The summed E-state index contributed by atoms with van der Waals surface area (Å²) in [7, 11) is 0. The maximum Gasteiger partial charge on any atom is 1.00 e. The summed E-state index contributed by atoms with van der Waals surface area (Å²) in [4.78, 5) is 14.2. The normalized spacial score (nSPS) is 9.93. The Hall–Kier alpha value is -0.550. The summed E-state index contributed by atoms with van der Waals surface area (Å²) in [6.07, 6.45) is -0.342. The summed E-state index contributed by atoms with van der Waals surface area (Å²) in [5.41, 5.74) is 0.958. The van der Waals surface area contributed by atoms with E-state index in [4.69, 9.17) is 16.0 Å². The van der Waals surface area contributed by atoms with Crippen LogP contribution in [0.25, 0.3) is 11.1 Å². The van der Waals surface area contributed by atoms with Crippen LogP contribution in [-0.4, -0.2) is 11.0 Å². The third-order valence-corrected chi connectivity index (χ3v) is 2.01. The van der Waals surface area contributed by atoms with Crippen LogP contribution in [0.15, 0.2) is 22.6 Å². The van der Waals surface area contributed by atoms with Crippen molar-refractivity contribution in [3.63, 3.8) is 0 Å². The number of carboxylic acid groups (broad SMARTS) is 1. The van der Waals surface area contributed by atoms with Gasteiger partial charge in [0, 0.05) is 0 Å². The average molecular weight is 234 g/mol. The number of carbonyl (C=O) groups excluding carboxylic acids is 1. The number of halogens is 1. The van der Waals surface area contributed by atoms with Gasteiger partial charge in [0.25, 0.3) is 0 Å². The minimum atomic E-state index is -1.23. The van der Waals surface area contributed by atoms with Crippen LogP contribution in [0.1, 0.15) is 5.89 Å². The standard InChI is InChI=1S/C9H6ClNO3.Na/c10-5-2-1-3-6-9(5)11-7(14-6)4-8(12)13;/h1-3H,4H2,(H,12,13);/q;+1/p-1. The number of hydrogen-bond acceptors (Lipinski definition) is 4. The Bertz CT molecular complexity index is 497. The number of para-hydroxylation sites is 1. The molecule has 0 N–H and O–H groups in total. The van der Waals surface area contributed by atoms with E-state index in [-0.39, 0.29) is 41.9 Å². The van der Waals surface area contributed by atoms with Crippen molar-refractivity contribution in [2.45, 2.75) is 6.42 Å². The van der Waals surface area contributed by atoms with Gasteiger partial charge in [0.15, 0.2) is 5.58 Å². The summed E-state index contributed by atoms with van der Waals surface area (Å²) in [5.74, 6) is -1.12. The summed E-state index contributed by atoms with van der Waals surface area (Å²) >= 11 is 5.82. The Labute approximate surface area is 113 Å². The van der Waals surface area contributed by atoms with E-state index in [0.717, 1.165) is 0 Å². The van der Waals surface area contributed by atoms with E-state index in [1.807, 2.05) is 0 Å². The zero-order valence-corrected chi connectivity index (χ0v) is 10.7. The Morgan fingerprint density at radius 1 is 1.53 bits per heavy atom. The van der Waals surface area contributed by atoms with Crippen LogP contribution < -0.4 is 34.7 Å². The van der Waals surface area contributed by atoms with Crippen molar-refractivity contribution in [3.8, 4) is 0 Å². The molecule has 1 aromatic heterocycles. The van der Waals surface area contributed by atoms with Crippen molar-refractivity contribution in [1.82, 2.24) is 4.98 Å². The summed E-state index contributed by atoms with van der Waals surface area (Å²) < 4.78 is 5.14. The second-order valence-electron chi connectivity index (χ2n) is 2.74. The molecule has 72 valence electrons. The second-order valence-corrected chi connectivity index (χ2v) is 3.15. The minimum Gasteiger partial charge on any atom is -0.550 e. The average Bonchev–Trinajstić information content (AvgIpc) is 2.47. The fraction of sp³-hybridized carbons (Fsp3) is 0.111. The van der Waals surface area contributed by atoms with Crippen molar-refractivity contribution >= 4 is 28.7 Å². The van der Waals surface area contributed by atoms with Gasteiger partial charge in [-0.05, 0) is 12.1 Å². The maximum absolute atomic E-state index is 10.3. The van der Waals surface area contributed by atoms with Crippen LogP contribution in [0.5, 0.6) is 0 Å². The van der Waals surface area contributed by atoms with Gasteiger partial charge in [-0.25, -0.2) is 4.98 Å². The first-order valence-corrected chi connectivity index (χ1v) is 4.28. The molecule has 0 aliphatic carbocycles. The molecule has 0 saturated carbocycles. The molecule has 0 bridgehead atoms. The van der Waals surface area contributed by atoms with Gasteiger partial charge in [-0.1, -0.05) is 17.7 Å². The van der Waals surface area contributed by atoms with E-state index in [0.29, 0.717) is 16.1 Å². The zero-order chi connectivity index (χ0) is 10.1. The Morgan fingerprint density at radius 2 is 2.27 bits per heavy atom. The fourth-order valence-corrected chi connectivity index (χ4v) is 1.37. The van der Waals surface area contributed by atoms with E-state index in [1.54, 1.807) is 18.2 Å². The number of carbonyl (C=O) groups is 1. The molecule has 0 spiro atoms. The zero-order valence-electron chi connectivity index (χ0n) is 7.99. The van der Waals surface area contributed by atoms with Crippen LogP contribution in [0.2, 0.25) is 5.02 Å². The molecule has 6 heteroatoms. The smallest absolute Gasteiger partial charge is 0.550 e. The van der Waals surface area contributed by atoms with Crippen molar-refractivity contribution in [1.29, 1.82) is 0 Å². The topological polar surface area (TPSA) is 66.2 Å². The molecule has 15 heavy (non-hydrogen) atoms. The number of oxazole rings is 1. The molecule has 4 nitrogen and oxygen atoms in total. The van der Waals surface area contributed by atoms with Gasteiger partial charge in [0.05, 0.1) is 17.4 Å². The Morgan fingerprint density at radius 3 is 2.87 bits per heavy atom. The van der Waals surface area contributed by atoms with Crippen LogP contribution >= 0.6 is 11.6 Å². The van der Waals surface area contributed by atoms with Crippen LogP contribution in [0.3, 0.4) is 0 Å². The number of aromatic nitrogens is 1. The van der Waals surface area contributed by atoms with Gasteiger partial charge in [-0.2, -0.15) is 0 Å². The van der Waals surface area contributed by atoms with Crippen molar-refractivity contribution in [2.75, 3.05) is 0 Å². The first-order chi connectivity index (χ1) is 6.66. The molecule has 1 heterocycles. The van der Waals surface area contributed by atoms with Gasteiger partial charge in [-0.15, -0.1) is 0 Å². The SMILES string of the molecule is O=C([O-])Cc1nc2c(Cl)cccc2o1.[Na+]. The first-order valence-electron chi connectivity index (χ1n) is 3.90. The number of rotatable bonds is 2. The molecule has 0 aliphatic rings. The molecule has 0 unspecified atom stereocenters. The largest absolute Gasteiger partial charge is 1.00 e. The Kier molecular flexibility index (Phi) is 4.16. The molecule has 2 aromatic rings. The van der Waals surface area contributed by atoms with Gasteiger partial charge in [0.1, 0.15) is 5.52 Å². The third-order valence-electron chi connectivity index (χ3n) is 1.71. The number of aliphatic carboxylic acids is 1. The quantitative estimate of drug-likeness (QED) is 0.551. The molecule has 0 fully saturated rings. The number of benzene rings is 1. The number of fused-ring (bicyclic) bond motifs is 1. The second kappa shape index (κ2) is 4.99. The maximum atomic E-state index is 10.3. The van der Waals surface area contributed by atoms with Gasteiger partial charge in [0.2, 0.25) is 5.89 Å². The fourth-order valence-electron chi connectivity index (χ4n) is 1.16. The van der Waals surface area contributed by atoms with Gasteiger partial charge in [-0.3, -0.25) is 0 Å². The molecule has 0 radical (unpaired) electrons. The third kappa shape index (κ3) is 2.72. The molecule has 0 atom stereocenters. The van der Waals surface area contributed by atoms with E-state index >= 15 is 0 Å². The molecular formula is C9H5ClNNaO3. The van der Waals surface area contributed by atoms with Gasteiger partial charge >= 0.3 is 29.6 Å². The van der Waals surface area contributed by atoms with Crippen LogP contribution in [0.4, 0.5) is 0 Å². The monoisotopic (exact) mass is 233 g/mol. The van der Waals surface area contributed by atoms with Gasteiger partial charge < -0.3 is 14.3 Å². The summed E-state index contributed by atoms with van der Waals surface area (Å²) in [6.45, 7) is 0. The van der Waals surface area contributed by atoms with Crippen molar-refractivity contribution in [3.05, 3.63) is 29.1 Å². The predicted molar refractivity (Wildman–Crippen MR) is 47.7 cm³/mol. The predicted octanol–water partition coefficient (Wildman–Crippen LogP) is -2.22. The summed E-state index contributed by atoms with van der Waals surface area (Å²) in [6, 6.07) is 5.04. The molecule has 0 saturated heterocycles. The first kappa shape index (κ1) is 12.5. The molecule has 2 rings (SSSR count). The van der Waals surface area contributed by atoms with E-state index in [2.05, 4.69) is 4.98 Å². The molecular weight excluding hydrogens is 229 g/mol. The molecule has 0 aliphatic heterocycles. The molecule has 1 aromatic carbocycles. The number of carboxylic acids is 1. The van der Waals surface area contributed by atoms with E-state index in [9.17, 15) is 9.90 Å². The van der Waals surface area contributed by atoms with Crippen LogP contribution in [0, 0.1) is 0 Å². The number of hydrogen-bond donors (Lipinski definition) is 0. The van der Waals surface area contributed by atoms with Crippen LogP contribution in [-0.2, 0) is 11.2 Å². The minimum absolute atomic E-state index is 0. The number of nitrogens with zero attached hydrogens (tertiary/aromatic N) is 1. The molecule has 0 amide bonds. The summed E-state index contributed by atoms with van der Waals surface area (Å²) in [5, 5.41) is 10.7. The van der Waals surface area contributed by atoms with Crippen molar-refractivity contribution in [2.24, 2.45) is 0 Å². The van der Waals surface area contributed by atoms with E-state index in [1.165, 1.54) is 0 Å². The van der Waals surface area contributed by atoms with E-state index < -0.39 is 5.97 Å². The van der Waals surface area contributed by atoms with Crippen molar-refractivity contribution < 1.29 is 43.9 Å². The Balaban J connectivity index is 0.00000112.